The molecule has 2 aromatic carbocycles. The number of benzene rings is 2. The molecule has 2 aliphatic rings. The molecule has 0 saturated carbocycles. The number of hydrogen-bond acceptors (Lipinski definition) is 5. The molecule has 2 N–H and O–H groups in total. The monoisotopic (exact) mass is 466 g/mol. The number of likely N-dealkylation sites (N-methyl/N-ethyl adjacent to an activating group) is 1. The summed E-state index contributed by atoms with van der Waals surface area (Å²) in [4.78, 5) is 29.4. The Morgan fingerprint density at radius 1 is 1.03 bits per heavy atom. The Balaban J connectivity index is 1.53. The van der Waals surface area contributed by atoms with Crippen molar-refractivity contribution in [1.29, 1.82) is 0 Å². The van der Waals surface area contributed by atoms with E-state index in [1.807, 2.05) is 54.3 Å². The van der Waals surface area contributed by atoms with Gasteiger partial charge in [-0.25, -0.2) is 0 Å². The molecule has 2 aliphatic heterocycles. The van der Waals surface area contributed by atoms with Gasteiger partial charge < -0.3 is 24.7 Å². The first-order valence-electron chi connectivity index (χ1n) is 11.9. The van der Waals surface area contributed by atoms with E-state index in [0.717, 1.165) is 11.1 Å². The zero-order chi connectivity index (χ0) is 24.3. The summed E-state index contributed by atoms with van der Waals surface area (Å²) in [5, 5.41) is 21.8. The molecular formula is C27H34N2O5. The minimum Gasteiger partial charge on any atom is -0.483 e. The van der Waals surface area contributed by atoms with E-state index in [0.29, 0.717) is 50.2 Å². The second kappa shape index (κ2) is 10.2. The first kappa shape index (κ1) is 24.2. The maximum atomic E-state index is 13.1. The summed E-state index contributed by atoms with van der Waals surface area (Å²) in [6.07, 6.45) is -0.00739. The third kappa shape index (κ3) is 5.26. The summed E-state index contributed by atoms with van der Waals surface area (Å²) in [5.41, 5.74) is 2.02. The Morgan fingerprint density at radius 3 is 2.44 bits per heavy atom. The number of carbonyl (C=O) groups is 2. The molecule has 182 valence electrons. The highest BCUT2D eigenvalue weighted by molar-refractivity contribution is 5.95. The van der Waals surface area contributed by atoms with Gasteiger partial charge in [0.1, 0.15) is 5.75 Å². The van der Waals surface area contributed by atoms with Crippen LogP contribution in [-0.2, 0) is 11.2 Å². The number of para-hydroxylation sites is 1. The van der Waals surface area contributed by atoms with E-state index in [2.05, 4.69) is 0 Å². The average molecular weight is 467 g/mol. The third-order valence-electron chi connectivity index (χ3n) is 7.32. The summed E-state index contributed by atoms with van der Waals surface area (Å²) in [6, 6.07) is 14.9. The van der Waals surface area contributed by atoms with Gasteiger partial charge in [0.2, 0.25) is 0 Å². The lowest BCUT2D eigenvalue weighted by Crippen LogP contribution is -2.51. The van der Waals surface area contributed by atoms with Crippen LogP contribution >= 0.6 is 0 Å². The molecule has 0 bridgehead atoms. The fourth-order valence-corrected chi connectivity index (χ4v) is 5.19. The van der Waals surface area contributed by atoms with Crippen LogP contribution in [0.4, 0.5) is 0 Å². The molecule has 2 amide bonds. The normalized spacial score (nSPS) is 23.5. The van der Waals surface area contributed by atoms with Gasteiger partial charge >= 0.3 is 0 Å². The Morgan fingerprint density at radius 2 is 1.71 bits per heavy atom. The highest BCUT2D eigenvalue weighted by Gasteiger charge is 2.41. The van der Waals surface area contributed by atoms with Gasteiger partial charge in [-0.15, -0.1) is 0 Å². The fraction of sp³-hybridized carbons (Fsp3) is 0.481. The minimum atomic E-state index is -0.950. The number of fused-ring (bicyclic) bond motifs is 1. The molecule has 34 heavy (non-hydrogen) atoms. The van der Waals surface area contributed by atoms with Crippen molar-refractivity contribution in [2.45, 2.75) is 44.8 Å². The highest BCUT2D eigenvalue weighted by Crippen LogP contribution is 2.39. The number of carbonyl (C=O) groups excluding carboxylic acids is 2. The van der Waals surface area contributed by atoms with Crippen LogP contribution in [0, 0.1) is 12.3 Å². The molecule has 2 heterocycles. The zero-order valence-corrected chi connectivity index (χ0v) is 19.9. The number of nitrogens with zero attached hydrogens (tertiary/aromatic N) is 2. The third-order valence-corrected chi connectivity index (χ3v) is 7.32. The van der Waals surface area contributed by atoms with Crippen molar-refractivity contribution >= 4 is 11.8 Å². The maximum absolute atomic E-state index is 13.1. The van der Waals surface area contributed by atoms with Crippen molar-refractivity contribution in [3.63, 3.8) is 0 Å². The van der Waals surface area contributed by atoms with Crippen molar-refractivity contribution in [3.05, 3.63) is 65.2 Å². The first-order valence-corrected chi connectivity index (χ1v) is 11.9. The van der Waals surface area contributed by atoms with Crippen LogP contribution in [-0.4, -0.2) is 77.3 Å². The van der Waals surface area contributed by atoms with Gasteiger partial charge in [-0.1, -0.05) is 36.4 Å². The number of rotatable bonds is 1. The molecule has 1 saturated heterocycles. The van der Waals surface area contributed by atoms with Gasteiger partial charge in [-0.3, -0.25) is 9.59 Å². The van der Waals surface area contributed by atoms with Gasteiger partial charge in [0.05, 0.1) is 12.2 Å². The Hall–Kier alpha value is -2.90. The van der Waals surface area contributed by atoms with Gasteiger partial charge in [0, 0.05) is 38.7 Å². The molecule has 0 unspecified atom stereocenters. The lowest BCUT2D eigenvalue weighted by molar-refractivity contribution is -0.135. The Labute approximate surface area is 200 Å². The molecular weight excluding hydrogens is 432 g/mol. The first-order chi connectivity index (χ1) is 16.3. The molecule has 0 aromatic heterocycles. The summed E-state index contributed by atoms with van der Waals surface area (Å²) >= 11 is 0. The number of likely N-dealkylation sites (tertiary alicyclic amines) is 1. The van der Waals surface area contributed by atoms with Crippen molar-refractivity contribution < 1.29 is 24.5 Å². The predicted molar refractivity (Wildman–Crippen MR) is 129 cm³/mol. The number of aryl methyl sites for hydroxylation is 1. The molecule has 1 spiro atoms. The zero-order valence-electron chi connectivity index (χ0n) is 19.9. The molecule has 2 aromatic rings. The van der Waals surface area contributed by atoms with Crippen LogP contribution in [0.25, 0.3) is 0 Å². The lowest BCUT2D eigenvalue weighted by Gasteiger charge is -2.45. The molecule has 7 heteroatoms. The van der Waals surface area contributed by atoms with Crippen LogP contribution < -0.4 is 4.74 Å². The standard InChI is InChI=1S/C27H34N2O5/c1-19-7-3-5-9-21(19)26(33)29-13-11-27(12-14-29)16-23(31)22(30)15-20-8-4-6-10-24(20)34-17-25(32)28(2)18-27/h3-10,22-23,30-31H,11-18H2,1-2H3/t22-,23+/m0/s1. The van der Waals surface area contributed by atoms with E-state index >= 15 is 0 Å². The molecule has 1 fully saturated rings. The molecule has 4 rings (SSSR count). The maximum Gasteiger partial charge on any atom is 0.260 e. The summed E-state index contributed by atoms with van der Waals surface area (Å²) < 4.78 is 5.77. The lowest BCUT2D eigenvalue weighted by atomic mass is 9.72. The molecule has 0 aliphatic carbocycles. The van der Waals surface area contributed by atoms with Crippen molar-refractivity contribution in [2.24, 2.45) is 5.41 Å². The smallest absolute Gasteiger partial charge is 0.260 e. The van der Waals surface area contributed by atoms with E-state index in [9.17, 15) is 19.8 Å². The second-order valence-electron chi connectivity index (χ2n) is 9.80. The largest absolute Gasteiger partial charge is 0.483 e. The van der Waals surface area contributed by atoms with Crippen molar-refractivity contribution in [1.82, 2.24) is 9.80 Å². The number of piperidine rings is 1. The summed E-state index contributed by atoms with van der Waals surface area (Å²) in [5.74, 6) is 0.424. The average Bonchev–Trinajstić information content (AvgIpc) is 2.83. The number of ether oxygens (including phenoxy) is 1. The number of hydrogen-bond donors (Lipinski definition) is 2. The summed E-state index contributed by atoms with van der Waals surface area (Å²) in [6.45, 7) is 3.37. The predicted octanol–water partition coefficient (Wildman–Crippen LogP) is 2.42. The van der Waals surface area contributed by atoms with Crippen LogP contribution in [0.1, 0.15) is 40.7 Å². The molecule has 0 radical (unpaired) electrons. The number of aliphatic hydroxyl groups is 2. The topological polar surface area (TPSA) is 90.3 Å². The van der Waals surface area contributed by atoms with Gasteiger partial charge in [0.15, 0.2) is 6.61 Å². The van der Waals surface area contributed by atoms with E-state index in [1.54, 1.807) is 18.0 Å². The van der Waals surface area contributed by atoms with Crippen molar-refractivity contribution in [3.8, 4) is 5.75 Å². The fourth-order valence-electron chi connectivity index (χ4n) is 5.19. The quantitative estimate of drug-likeness (QED) is 0.674. The van der Waals surface area contributed by atoms with E-state index in [1.165, 1.54) is 0 Å². The van der Waals surface area contributed by atoms with Gasteiger partial charge in [-0.05, 0) is 54.9 Å². The number of amides is 2. The SMILES string of the molecule is Cc1ccccc1C(=O)N1CCC2(CC1)C[C@@H](O)[C@@H](O)Cc1ccccc1OCC(=O)N(C)C2. The number of aliphatic hydroxyl groups excluding tert-OH is 2. The Kier molecular flexibility index (Phi) is 7.24. The van der Waals surface area contributed by atoms with Crippen LogP contribution in [0.2, 0.25) is 0 Å². The van der Waals surface area contributed by atoms with Crippen LogP contribution in [0.5, 0.6) is 5.75 Å². The van der Waals surface area contributed by atoms with Crippen LogP contribution in [0.15, 0.2) is 48.5 Å². The van der Waals surface area contributed by atoms with E-state index in [4.69, 9.17) is 4.74 Å². The Bertz CT molecular complexity index is 1030. The van der Waals surface area contributed by atoms with E-state index in [-0.39, 0.29) is 24.8 Å². The highest BCUT2D eigenvalue weighted by atomic mass is 16.5. The van der Waals surface area contributed by atoms with E-state index < -0.39 is 17.6 Å². The minimum absolute atomic E-state index is 0.0103. The summed E-state index contributed by atoms with van der Waals surface area (Å²) in [7, 11) is 1.75. The molecule has 2 atom stereocenters. The van der Waals surface area contributed by atoms with Gasteiger partial charge in [-0.2, -0.15) is 0 Å². The molecule has 7 nitrogen and oxygen atoms in total. The van der Waals surface area contributed by atoms with Crippen molar-refractivity contribution in [2.75, 3.05) is 33.3 Å². The van der Waals surface area contributed by atoms with Crippen LogP contribution in [0.3, 0.4) is 0 Å². The second-order valence-corrected chi connectivity index (χ2v) is 9.80. The van der Waals surface area contributed by atoms with Gasteiger partial charge in [0.25, 0.3) is 11.8 Å².